The van der Waals surface area contributed by atoms with Crippen molar-refractivity contribution in [2.45, 2.75) is 13.0 Å². The number of nitrogens with one attached hydrogen (secondary N) is 2. The Morgan fingerprint density at radius 3 is 2.55 bits per heavy atom. The van der Waals surface area contributed by atoms with Crippen LogP contribution in [0.5, 0.6) is 0 Å². The molecular weight excluding hydrogens is 290 g/mol. The molecule has 1 aromatic heterocycles. The summed E-state index contributed by atoms with van der Waals surface area (Å²) in [4.78, 5) is 4.03. The highest BCUT2D eigenvalue weighted by molar-refractivity contribution is 7.80. The molecule has 1 unspecified atom stereocenters. The molecule has 2 N–H and O–H groups in total. The summed E-state index contributed by atoms with van der Waals surface area (Å²) in [5, 5.41) is 9.55. The molecule has 0 spiro atoms. The Kier molecular flexibility index (Phi) is 4.30. The van der Waals surface area contributed by atoms with Crippen LogP contribution in [0.25, 0.3) is 10.8 Å². The van der Waals surface area contributed by atoms with E-state index in [0.29, 0.717) is 5.11 Å². The predicted octanol–water partition coefficient (Wildman–Crippen LogP) is 4.28. The maximum Gasteiger partial charge on any atom is 0.171 e. The van der Waals surface area contributed by atoms with Gasteiger partial charge in [-0.2, -0.15) is 0 Å². The van der Waals surface area contributed by atoms with E-state index in [1.165, 1.54) is 5.39 Å². The molecule has 0 aliphatic rings. The molecule has 22 heavy (non-hydrogen) atoms. The first-order chi connectivity index (χ1) is 10.7. The molecule has 0 radical (unpaired) electrons. The van der Waals surface area contributed by atoms with Crippen LogP contribution >= 0.6 is 12.2 Å². The van der Waals surface area contributed by atoms with Crippen molar-refractivity contribution in [2.24, 2.45) is 0 Å². The topological polar surface area (TPSA) is 37.0 Å². The fourth-order valence-electron chi connectivity index (χ4n) is 2.42. The van der Waals surface area contributed by atoms with Crippen LogP contribution in [-0.2, 0) is 0 Å². The Morgan fingerprint density at radius 1 is 1.00 bits per heavy atom. The van der Waals surface area contributed by atoms with Crippen LogP contribution in [0.15, 0.2) is 67.0 Å². The molecule has 0 amide bonds. The highest BCUT2D eigenvalue weighted by Gasteiger charge is 2.08. The van der Waals surface area contributed by atoms with Crippen molar-refractivity contribution in [2.75, 3.05) is 5.32 Å². The summed E-state index contributed by atoms with van der Waals surface area (Å²) in [5.74, 6) is 0. The molecule has 3 rings (SSSR count). The predicted molar refractivity (Wildman–Crippen MR) is 96.0 cm³/mol. The summed E-state index contributed by atoms with van der Waals surface area (Å²) in [6.45, 7) is 2.08. The molecule has 2 aromatic carbocycles. The summed E-state index contributed by atoms with van der Waals surface area (Å²) >= 11 is 5.44. The van der Waals surface area contributed by atoms with E-state index in [4.69, 9.17) is 12.2 Å². The van der Waals surface area contributed by atoms with Crippen LogP contribution in [-0.4, -0.2) is 10.1 Å². The zero-order valence-electron chi connectivity index (χ0n) is 12.3. The van der Waals surface area contributed by atoms with Gasteiger partial charge in [-0.05, 0) is 48.3 Å². The van der Waals surface area contributed by atoms with Crippen LogP contribution < -0.4 is 10.6 Å². The third-order valence-electron chi connectivity index (χ3n) is 3.59. The summed E-state index contributed by atoms with van der Waals surface area (Å²) in [6.07, 6.45) is 3.57. The van der Waals surface area contributed by atoms with Gasteiger partial charge in [0.15, 0.2) is 5.11 Å². The van der Waals surface area contributed by atoms with Crippen LogP contribution in [0.4, 0.5) is 5.69 Å². The molecular formula is C18H17N3S. The number of thiocarbonyl (C=S) groups is 1. The number of hydrogen-bond acceptors (Lipinski definition) is 2. The normalized spacial score (nSPS) is 11.9. The highest BCUT2D eigenvalue weighted by atomic mass is 32.1. The van der Waals surface area contributed by atoms with Crippen LogP contribution in [0, 0.1) is 0 Å². The van der Waals surface area contributed by atoms with Gasteiger partial charge in [-0.15, -0.1) is 0 Å². The van der Waals surface area contributed by atoms with Crippen molar-refractivity contribution in [1.29, 1.82) is 0 Å². The Morgan fingerprint density at radius 2 is 1.73 bits per heavy atom. The minimum atomic E-state index is 0.123. The molecule has 0 bridgehead atoms. The number of pyridine rings is 1. The average Bonchev–Trinajstić information content (AvgIpc) is 2.56. The molecule has 0 aliphatic carbocycles. The van der Waals surface area contributed by atoms with E-state index >= 15 is 0 Å². The molecule has 3 nitrogen and oxygen atoms in total. The van der Waals surface area contributed by atoms with Gasteiger partial charge < -0.3 is 10.6 Å². The lowest BCUT2D eigenvalue weighted by atomic mass is 10.1. The van der Waals surface area contributed by atoms with Crippen LogP contribution in [0.1, 0.15) is 18.5 Å². The number of fused-ring (bicyclic) bond motifs is 1. The SMILES string of the molecule is CC(NC(=S)Nc1cccc2ccccc12)c1ccncc1. The molecule has 1 atom stereocenters. The first-order valence-electron chi connectivity index (χ1n) is 7.19. The molecule has 110 valence electrons. The van der Waals surface area contributed by atoms with E-state index < -0.39 is 0 Å². The van der Waals surface area contributed by atoms with E-state index in [-0.39, 0.29) is 6.04 Å². The summed E-state index contributed by atoms with van der Waals surface area (Å²) in [5.41, 5.74) is 2.16. The number of nitrogens with zero attached hydrogens (tertiary/aromatic N) is 1. The zero-order chi connectivity index (χ0) is 15.4. The van der Waals surface area contributed by atoms with Gasteiger partial charge in [0.05, 0.1) is 6.04 Å². The Hall–Kier alpha value is -2.46. The van der Waals surface area contributed by atoms with E-state index in [2.05, 4.69) is 40.7 Å². The minimum absolute atomic E-state index is 0.123. The maximum atomic E-state index is 5.44. The molecule has 3 aromatic rings. The monoisotopic (exact) mass is 307 g/mol. The van der Waals surface area contributed by atoms with Gasteiger partial charge in [-0.1, -0.05) is 36.4 Å². The van der Waals surface area contributed by atoms with Gasteiger partial charge in [0.2, 0.25) is 0 Å². The minimum Gasteiger partial charge on any atom is -0.356 e. The number of benzene rings is 2. The smallest absolute Gasteiger partial charge is 0.171 e. The van der Waals surface area contributed by atoms with Crippen molar-refractivity contribution in [3.63, 3.8) is 0 Å². The zero-order valence-corrected chi connectivity index (χ0v) is 13.1. The second-order valence-electron chi connectivity index (χ2n) is 5.13. The van der Waals surface area contributed by atoms with Gasteiger partial charge in [0.1, 0.15) is 0 Å². The standard InChI is InChI=1S/C18H17N3S/c1-13(14-9-11-19-12-10-14)20-18(22)21-17-8-4-6-15-5-2-3-7-16(15)17/h2-13H,1H3,(H2,20,21,22). The molecule has 0 saturated carbocycles. The average molecular weight is 307 g/mol. The third kappa shape index (κ3) is 3.23. The van der Waals surface area contributed by atoms with Crippen LogP contribution in [0.3, 0.4) is 0 Å². The molecule has 4 heteroatoms. The number of rotatable bonds is 3. The van der Waals surface area contributed by atoms with Crippen molar-refractivity contribution in [3.8, 4) is 0 Å². The first kappa shape index (κ1) is 14.5. The lowest BCUT2D eigenvalue weighted by Crippen LogP contribution is -2.30. The Bertz CT molecular complexity index is 781. The van der Waals surface area contributed by atoms with E-state index in [0.717, 1.165) is 16.6 Å². The number of hydrogen-bond donors (Lipinski definition) is 2. The number of aromatic nitrogens is 1. The van der Waals surface area contributed by atoms with Gasteiger partial charge in [-0.3, -0.25) is 4.98 Å². The lowest BCUT2D eigenvalue weighted by Gasteiger charge is -2.18. The molecule has 1 heterocycles. The Balaban J connectivity index is 1.74. The van der Waals surface area contributed by atoms with Crippen molar-refractivity contribution >= 4 is 33.8 Å². The fraction of sp³-hybridized carbons (Fsp3) is 0.111. The lowest BCUT2D eigenvalue weighted by molar-refractivity contribution is 0.721. The van der Waals surface area contributed by atoms with E-state index in [9.17, 15) is 0 Å². The summed E-state index contributed by atoms with van der Waals surface area (Å²) in [7, 11) is 0. The van der Waals surface area contributed by atoms with E-state index in [1.807, 2.05) is 36.4 Å². The third-order valence-corrected chi connectivity index (χ3v) is 3.81. The van der Waals surface area contributed by atoms with Gasteiger partial charge >= 0.3 is 0 Å². The molecule has 0 saturated heterocycles. The number of anilines is 1. The Labute approximate surface area is 135 Å². The highest BCUT2D eigenvalue weighted by Crippen LogP contribution is 2.23. The van der Waals surface area contributed by atoms with Gasteiger partial charge in [0, 0.05) is 23.5 Å². The van der Waals surface area contributed by atoms with E-state index in [1.54, 1.807) is 12.4 Å². The van der Waals surface area contributed by atoms with Gasteiger partial charge in [0.25, 0.3) is 0 Å². The van der Waals surface area contributed by atoms with Crippen molar-refractivity contribution in [3.05, 3.63) is 72.6 Å². The maximum absolute atomic E-state index is 5.44. The molecule has 0 fully saturated rings. The molecule has 0 aliphatic heterocycles. The summed E-state index contributed by atoms with van der Waals surface area (Å²) in [6, 6.07) is 18.5. The second kappa shape index (κ2) is 6.54. The quantitative estimate of drug-likeness (QED) is 0.708. The van der Waals surface area contributed by atoms with Crippen molar-refractivity contribution < 1.29 is 0 Å². The first-order valence-corrected chi connectivity index (χ1v) is 7.60. The largest absolute Gasteiger partial charge is 0.356 e. The fourth-order valence-corrected chi connectivity index (χ4v) is 2.71. The summed E-state index contributed by atoms with van der Waals surface area (Å²) < 4.78 is 0. The van der Waals surface area contributed by atoms with Gasteiger partial charge in [-0.25, -0.2) is 0 Å². The second-order valence-corrected chi connectivity index (χ2v) is 5.54. The van der Waals surface area contributed by atoms with Crippen molar-refractivity contribution in [1.82, 2.24) is 10.3 Å². The van der Waals surface area contributed by atoms with Crippen LogP contribution in [0.2, 0.25) is 0 Å².